The van der Waals surface area contributed by atoms with Gasteiger partial charge in [-0.1, -0.05) is 6.07 Å². The number of aryl methyl sites for hydroxylation is 2. The summed E-state index contributed by atoms with van der Waals surface area (Å²) in [7, 11) is 0. The number of rotatable bonds is 5. The van der Waals surface area contributed by atoms with E-state index < -0.39 is 6.10 Å². The Labute approximate surface area is 114 Å². The zero-order chi connectivity index (χ0) is 13.7. The standard InChI is InChI=1S/C15H23NO3/c1-12-7-13(2)9-15(8-12)19-11-14(17)10-16-3-5-18-6-4-16/h7-9,14,17H,3-6,10-11H2,1-2H3/p+1/t14-/m0/s1. The number of benzene rings is 1. The number of ether oxygens (including phenoxy) is 2. The minimum atomic E-state index is -0.422. The van der Waals surface area contributed by atoms with Crippen molar-refractivity contribution in [2.75, 3.05) is 39.5 Å². The molecule has 1 aromatic carbocycles. The quantitative estimate of drug-likeness (QED) is 0.786. The van der Waals surface area contributed by atoms with Gasteiger partial charge >= 0.3 is 0 Å². The highest BCUT2D eigenvalue weighted by molar-refractivity contribution is 5.32. The zero-order valence-corrected chi connectivity index (χ0v) is 11.8. The molecule has 1 aliphatic heterocycles. The number of aliphatic hydroxyl groups excluding tert-OH is 1. The van der Waals surface area contributed by atoms with Crippen molar-refractivity contribution in [3.05, 3.63) is 29.3 Å². The second kappa shape index (κ2) is 6.89. The molecule has 0 unspecified atom stereocenters. The summed E-state index contributed by atoms with van der Waals surface area (Å²) in [4.78, 5) is 1.39. The Hall–Kier alpha value is -1.10. The summed E-state index contributed by atoms with van der Waals surface area (Å²) in [5, 5.41) is 10.0. The van der Waals surface area contributed by atoms with Gasteiger partial charge in [-0.2, -0.15) is 0 Å². The molecule has 1 aromatic rings. The highest BCUT2D eigenvalue weighted by Crippen LogP contribution is 2.16. The summed E-state index contributed by atoms with van der Waals surface area (Å²) in [6.07, 6.45) is -0.422. The zero-order valence-electron chi connectivity index (χ0n) is 11.8. The summed E-state index contributed by atoms with van der Waals surface area (Å²) < 4.78 is 11.0. The second-order valence-corrected chi connectivity index (χ2v) is 5.35. The van der Waals surface area contributed by atoms with Crippen molar-refractivity contribution in [2.45, 2.75) is 20.0 Å². The summed E-state index contributed by atoms with van der Waals surface area (Å²) in [5.74, 6) is 0.841. The summed E-state index contributed by atoms with van der Waals surface area (Å²) in [6.45, 7) is 8.71. The number of nitrogens with one attached hydrogen (secondary N) is 1. The maximum Gasteiger partial charge on any atom is 0.137 e. The first kappa shape index (κ1) is 14.3. The van der Waals surface area contributed by atoms with Crippen molar-refractivity contribution in [2.24, 2.45) is 0 Å². The van der Waals surface area contributed by atoms with Crippen LogP contribution in [0.2, 0.25) is 0 Å². The van der Waals surface area contributed by atoms with Crippen LogP contribution in [0.5, 0.6) is 5.75 Å². The molecule has 1 heterocycles. The van der Waals surface area contributed by atoms with Crippen LogP contribution in [-0.4, -0.2) is 50.7 Å². The van der Waals surface area contributed by atoms with Crippen LogP contribution in [0.3, 0.4) is 0 Å². The van der Waals surface area contributed by atoms with Gasteiger partial charge in [-0.25, -0.2) is 0 Å². The van der Waals surface area contributed by atoms with Crippen molar-refractivity contribution in [3.63, 3.8) is 0 Å². The molecule has 4 nitrogen and oxygen atoms in total. The molecule has 4 heteroatoms. The van der Waals surface area contributed by atoms with E-state index in [1.165, 1.54) is 16.0 Å². The minimum Gasteiger partial charge on any atom is -0.491 e. The summed E-state index contributed by atoms with van der Waals surface area (Å²) in [6, 6.07) is 6.11. The summed E-state index contributed by atoms with van der Waals surface area (Å²) in [5.41, 5.74) is 2.37. The summed E-state index contributed by atoms with van der Waals surface area (Å²) >= 11 is 0. The van der Waals surface area contributed by atoms with Crippen molar-refractivity contribution in [1.82, 2.24) is 0 Å². The Kier molecular flexibility index (Phi) is 5.19. The van der Waals surface area contributed by atoms with Crippen LogP contribution in [0.15, 0.2) is 18.2 Å². The fraction of sp³-hybridized carbons (Fsp3) is 0.600. The fourth-order valence-corrected chi connectivity index (χ4v) is 2.47. The van der Waals surface area contributed by atoms with Crippen molar-refractivity contribution >= 4 is 0 Å². The molecular weight excluding hydrogens is 242 g/mol. The third-order valence-corrected chi connectivity index (χ3v) is 3.36. The third-order valence-electron chi connectivity index (χ3n) is 3.36. The van der Waals surface area contributed by atoms with E-state index in [9.17, 15) is 5.11 Å². The van der Waals surface area contributed by atoms with Crippen molar-refractivity contribution in [3.8, 4) is 5.75 Å². The Balaban J connectivity index is 1.77. The van der Waals surface area contributed by atoms with Gasteiger partial charge in [-0.3, -0.25) is 0 Å². The number of hydrogen-bond acceptors (Lipinski definition) is 3. The fourth-order valence-electron chi connectivity index (χ4n) is 2.47. The molecule has 0 spiro atoms. The Bertz CT molecular complexity index is 382. The van der Waals surface area contributed by atoms with Crippen LogP contribution in [0.1, 0.15) is 11.1 Å². The average Bonchev–Trinajstić information content (AvgIpc) is 2.36. The molecule has 0 aliphatic carbocycles. The monoisotopic (exact) mass is 266 g/mol. The molecule has 1 atom stereocenters. The van der Waals surface area contributed by atoms with Crippen molar-refractivity contribution < 1.29 is 19.5 Å². The maximum absolute atomic E-state index is 10.0. The van der Waals surface area contributed by atoms with E-state index in [0.717, 1.165) is 38.6 Å². The van der Waals surface area contributed by atoms with Gasteiger partial charge < -0.3 is 19.5 Å². The second-order valence-electron chi connectivity index (χ2n) is 5.35. The Morgan fingerprint density at radius 3 is 2.47 bits per heavy atom. The predicted octanol–water partition coefficient (Wildman–Crippen LogP) is -0.0418. The van der Waals surface area contributed by atoms with Crippen LogP contribution < -0.4 is 9.64 Å². The number of quaternary nitrogens is 1. The number of hydrogen-bond donors (Lipinski definition) is 2. The van der Waals surface area contributed by atoms with Gasteiger partial charge in [0.25, 0.3) is 0 Å². The molecule has 1 aliphatic rings. The molecule has 0 saturated carbocycles. The molecule has 0 bridgehead atoms. The molecule has 19 heavy (non-hydrogen) atoms. The number of morpholine rings is 1. The molecule has 106 valence electrons. The van der Waals surface area contributed by atoms with E-state index in [2.05, 4.69) is 6.07 Å². The predicted molar refractivity (Wildman–Crippen MR) is 73.8 cm³/mol. The SMILES string of the molecule is Cc1cc(C)cc(OC[C@@H](O)C[NH+]2CCOCC2)c1. The number of aliphatic hydroxyl groups is 1. The van der Waals surface area contributed by atoms with Crippen LogP contribution in [0.25, 0.3) is 0 Å². The normalized spacial score (nSPS) is 18.3. The average molecular weight is 266 g/mol. The van der Waals surface area contributed by atoms with Gasteiger partial charge in [-0.05, 0) is 37.1 Å². The van der Waals surface area contributed by atoms with E-state index in [1.54, 1.807) is 0 Å². The molecule has 2 rings (SSSR count). The van der Waals surface area contributed by atoms with Crippen LogP contribution in [0.4, 0.5) is 0 Å². The van der Waals surface area contributed by atoms with Crippen molar-refractivity contribution in [1.29, 1.82) is 0 Å². The molecule has 0 radical (unpaired) electrons. The van der Waals surface area contributed by atoms with Crippen LogP contribution >= 0.6 is 0 Å². The molecule has 0 amide bonds. The lowest BCUT2D eigenvalue weighted by atomic mass is 10.1. The van der Waals surface area contributed by atoms with E-state index >= 15 is 0 Å². The first-order valence-corrected chi connectivity index (χ1v) is 6.94. The molecule has 0 aromatic heterocycles. The molecule has 2 N–H and O–H groups in total. The highest BCUT2D eigenvalue weighted by atomic mass is 16.5. The first-order valence-electron chi connectivity index (χ1n) is 6.94. The Morgan fingerprint density at radius 1 is 1.21 bits per heavy atom. The lowest BCUT2D eigenvalue weighted by Gasteiger charge is -2.25. The highest BCUT2D eigenvalue weighted by Gasteiger charge is 2.18. The van der Waals surface area contributed by atoms with Crippen LogP contribution in [0, 0.1) is 13.8 Å². The van der Waals surface area contributed by atoms with E-state index in [1.807, 2.05) is 26.0 Å². The van der Waals surface area contributed by atoms with Gasteiger partial charge in [0.2, 0.25) is 0 Å². The van der Waals surface area contributed by atoms with Crippen LogP contribution in [-0.2, 0) is 4.74 Å². The third kappa shape index (κ3) is 4.82. The molecular formula is C15H24NO3+. The molecule has 1 saturated heterocycles. The lowest BCUT2D eigenvalue weighted by molar-refractivity contribution is -0.911. The van der Waals surface area contributed by atoms with Gasteiger partial charge in [0.15, 0.2) is 0 Å². The maximum atomic E-state index is 10.0. The topological polar surface area (TPSA) is 43.1 Å². The van der Waals surface area contributed by atoms with E-state index in [-0.39, 0.29) is 0 Å². The first-order chi connectivity index (χ1) is 9.13. The molecule has 1 fully saturated rings. The lowest BCUT2D eigenvalue weighted by Crippen LogP contribution is -3.15. The Morgan fingerprint density at radius 2 is 1.84 bits per heavy atom. The minimum absolute atomic E-state index is 0.354. The largest absolute Gasteiger partial charge is 0.491 e. The van der Waals surface area contributed by atoms with Gasteiger partial charge in [0, 0.05) is 0 Å². The van der Waals surface area contributed by atoms with E-state index in [0.29, 0.717) is 6.61 Å². The van der Waals surface area contributed by atoms with Gasteiger partial charge in [0.05, 0.1) is 13.2 Å². The van der Waals surface area contributed by atoms with E-state index in [4.69, 9.17) is 9.47 Å². The van der Waals surface area contributed by atoms with Gasteiger partial charge in [-0.15, -0.1) is 0 Å². The van der Waals surface area contributed by atoms with Gasteiger partial charge in [0.1, 0.15) is 38.1 Å². The smallest absolute Gasteiger partial charge is 0.137 e.